The van der Waals surface area contributed by atoms with E-state index in [0.717, 1.165) is 24.7 Å². The number of carbonyl (C=O) groups excluding carboxylic acids is 1. The first-order chi connectivity index (χ1) is 10.3. The summed E-state index contributed by atoms with van der Waals surface area (Å²) in [6, 6.07) is 18.6. The van der Waals surface area contributed by atoms with Crippen LogP contribution in [0.3, 0.4) is 0 Å². The summed E-state index contributed by atoms with van der Waals surface area (Å²) in [5.41, 5.74) is 5.93. The highest BCUT2D eigenvalue weighted by Crippen LogP contribution is 2.25. The molecule has 0 atom stereocenters. The molecule has 0 saturated heterocycles. The number of fused-ring (bicyclic) bond motifs is 1. The van der Waals surface area contributed by atoms with Crippen molar-refractivity contribution in [2.75, 3.05) is 0 Å². The molecule has 0 saturated carbocycles. The number of carbonyl (C=O) groups is 1. The molecule has 2 aromatic rings. The Bertz CT molecular complexity index is 693. The molecule has 0 unspecified atom stereocenters. The number of hydrogen-bond donors (Lipinski definition) is 0. The number of rotatable bonds is 4. The van der Waals surface area contributed by atoms with E-state index in [-0.39, 0.29) is 0 Å². The maximum atomic E-state index is 11.3. The van der Waals surface area contributed by atoms with E-state index >= 15 is 0 Å². The van der Waals surface area contributed by atoms with Crippen LogP contribution in [0.15, 0.2) is 71.8 Å². The van der Waals surface area contributed by atoms with Crippen molar-refractivity contribution in [3.05, 3.63) is 88.5 Å². The maximum absolute atomic E-state index is 11.3. The molecular formula is C20H18O. The molecule has 1 aliphatic rings. The highest BCUT2D eigenvalue weighted by atomic mass is 16.1. The second-order valence-corrected chi connectivity index (χ2v) is 5.42. The molecule has 0 bridgehead atoms. The average Bonchev–Trinajstić information content (AvgIpc) is 2.55. The van der Waals surface area contributed by atoms with E-state index in [1.54, 1.807) is 0 Å². The Morgan fingerprint density at radius 2 is 1.71 bits per heavy atom. The van der Waals surface area contributed by atoms with E-state index < -0.39 is 0 Å². The first kappa shape index (κ1) is 13.6. The van der Waals surface area contributed by atoms with Crippen molar-refractivity contribution in [2.24, 2.45) is 0 Å². The van der Waals surface area contributed by atoms with Crippen LogP contribution < -0.4 is 0 Å². The van der Waals surface area contributed by atoms with Gasteiger partial charge < -0.3 is 0 Å². The third kappa shape index (κ3) is 3.38. The Hall–Kier alpha value is -2.41. The Morgan fingerprint density at radius 3 is 2.52 bits per heavy atom. The molecule has 1 aliphatic carbocycles. The highest BCUT2D eigenvalue weighted by Gasteiger charge is 2.09. The van der Waals surface area contributed by atoms with Gasteiger partial charge in [0.15, 0.2) is 0 Å². The van der Waals surface area contributed by atoms with Crippen LogP contribution in [0.1, 0.15) is 23.1 Å². The number of aldehydes is 1. The SMILES string of the molecule is O=C/C(=C/C1=Cc2ccccc2CC1)Cc1ccccc1. The van der Waals surface area contributed by atoms with Gasteiger partial charge in [-0.25, -0.2) is 0 Å². The summed E-state index contributed by atoms with van der Waals surface area (Å²) in [6.07, 6.45) is 7.99. The minimum absolute atomic E-state index is 0.698. The number of aryl methyl sites for hydroxylation is 1. The van der Waals surface area contributed by atoms with Gasteiger partial charge in [0, 0.05) is 6.42 Å². The third-order valence-corrected chi connectivity index (χ3v) is 3.85. The molecule has 0 heterocycles. The van der Waals surface area contributed by atoms with E-state index in [2.05, 4.69) is 48.6 Å². The van der Waals surface area contributed by atoms with Gasteiger partial charge in [0.2, 0.25) is 0 Å². The second kappa shape index (κ2) is 6.36. The van der Waals surface area contributed by atoms with E-state index in [9.17, 15) is 4.79 Å². The summed E-state index contributed by atoms with van der Waals surface area (Å²) in [5.74, 6) is 0. The lowest BCUT2D eigenvalue weighted by Gasteiger charge is -2.14. The lowest BCUT2D eigenvalue weighted by molar-refractivity contribution is -0.105. The molecule has 104 valence electrons. The summed E-state index contributed by atoms with van der Waals surface area (Å²) in [6.45, 7) is 0. The minimum atomic E-state index is 0.698. The van der Waals surface area contributed by atoms with Crippen molar-refractivity contribution in [3.63, 3.8) is 0 Å². The van der Waals surface area contributed by atoms with Gasteiger partial charge in [0.1, 0.15) is 6.29 Å². The topological polar surface area (TPSA) is 17.1 Å². The summed E-state index contributed by atoms with van der Waals surface area (Å²) >= 11 is 0. The van der Waals surface area contributed by atoms with Gasteiger partial charge in [0.05, 0.1) is 0 Å². The smallest absolute Gasteiger partial charge is 0.146 e. The molecule has 0 radical (unpaired) electrons. The van der Waals surface area contributed by atoms with Crippen LogP contribution in [0, 0.1) is 0 Å². The monoisotopic (exact) mass is 274 g/mol. The lowest BCUT2D eigenvalue weighted by atomic mass is 9.91. The van der Waals surface area contributed by atoms with Gasteiger partial charge in [-0.05, 0) is 40.7 Å². The number of allylic oxidation sites excluding steroid dienone is 3. The Morgan fingerprint density at radius 1 is 0.952 bits per heavy atom. The maximum Gasteiger partial charge on any atom is 0.146 e. The summed E-state index contributed by atoms with van der Waals surface area (Å²) in [5, 5.41) is 0. The first-order valence-corrected chi connectivity index (χ1v) is 7.33. The Kier molecular flexibility index (Phi) is 4.11. The van der Waals surface area contributed by atoms with Gasteiger partial charge >= 0.3 is 0 Å². The van der Waals surface area contributed by atoms with Crippen LogP contribution in [-0.2, 0) is 17.6 Å². The molecule has 0 fully saturated rings. The Labute approximate surface area is 125 Å². The van der Waals surface area contributed by atoms with Crippen molar-refractivity contribution in [1.29, 1.82) is 0 Å². The quantitative estimate of drug-likeness (QED) is 0.597. The molecule has 0 amide bonds. The van der Waals surface area contributed by atoms with Crippen molar-refractivity contribution in [3.8, 4) is 0 Å². The van der Waals surface area contributed by atoms with Crippen LogP contribution >= 0.6 is 0 Å². The molecule has 0 aromatic heterocycles. The largest absolute Gasteiger partial charge is 0.298 e. The van der Waals surface area contributed by atoms with E-state index in [4.69, 9.17) is 0 Å². The first-order valence-electron chi connectivity index (χ1n) is 7.33. The summed E-state index contributed by atoms with van der Waals surface area (Å²) in [7, 11) is 0. The zero-order valence-corrected chi connectivity index (χ0v) is 12.0. The number of hydrogen-bond acceptors (Lipinski definition) is 1. The van der Waals surface area contributed by atoms with Crippen LogP contribution in [-0.4, -0.2) is 6.29 Å². The number of benzene rings is 2. The standard InChI is InChI=1S/C20H18O/c21-15-18(12-16-6-2-1-3-7-16)13-17-10-11-19-8-4-5-9-20(19)14-17/h1-9,13-15H,10-12H2/b18-13+. The molecule has 0 spiro atoms. The second-order valence-electron chi connectivity index (χ2n) is 5.42. The minimum Gasteiger partial charge on any atom is -0.298 e. The lowest BCUT2D eigenvalue weighted by Crippen LogP contribution is -1.99. The predicted octanol–water partition coefficient (Wildman–Crippen LogP) is 4.38. The molecule has 0 aliphatic heterocycles. The molecule has 1 heteroatoms. The third-order valence-electron chi connectivity index (χ3n) is 3.85. The van der Waals surface area contributed by atoms with Crippen molar-refractivity contribution < 1.29 is 4.79 Å². The molecular weight excluding hydrogens is 256 g/mol. The predicted molar refractivity (Wildman–Crippen MR) is 87.0 cm³/mol. The zero-order valence-electron chi connectivity index (χ0n) is 12.0. The summed E-state index contributed by atoms with van der Waals surface area (Å²) < 4.78 is 0. The van der Waals surface area contributed by atoms with Gasteiger partial charge in [-0.15, -0.1) is 0 Å². The molecule has 21 heavy (non-hydrogen) atoms. The van der Waals surface area contributed by atoms with Gasteiger partial charge in [0.25, 0.3) is 0 Å². The van der Waals surface area contributed by atoms with Gasteiger partial charge in [-0.2, -0.15) is 0 Å². The van der Waals surface area contributed by atoms with E-state index in [1.807, 2.05) is 18.2 Å². The molecule has 3 rings (SSSR count). The van der Waals surface area contributed by atoms with Crippen molar-refractivity contribution >= 4 is 12.4 Å². The van der Waals surface area contributed by atoms with Crippen LogP contribution in [0.25, 0.3) is 6.08 Å². The fourth-order valence-corrected chi connectivity index (χ4v) is 2.76. The van der Waals surface area contributed by atoms with E-state index in [0.29, 0.717) is 6.42 Å². The molecule has 2 aromatic carbocycles. The van der Waals surface area contributed by atoms with Crippen molar-refractivity contribution in [1.82, 2.24) is 0 Å². The van der Waals surface area contributed by atoms with Crippen molar-refractivity contribution in [2.45, 2.75) is 19.3 Å². The fourth-order valence-electron chi connectivity index (χ4n) is 2.76. The summed E-state index contributed by atoms with van der Waals surface area (Å²) in [4.78, 5) is 11.3. The molecule has 1 nitrogen and oxygen atoms in total. The normalized spacial score (nSPS) is 14.3. The fraction of sp³-hybridized carbons (Fsp3) is 0.150. The van der Waals surface area contributed by atoms with Crippen LogP contribution in [0.5, 0.6) is 0 Å². The van der Waals surface area contributed by atoms with Gasteiger partial charge in [-0.1, -0.05) is 66.7 Å². The van der Waals surface area contributed by atoms with Gasteiger partial charge in [-0.3, -0.25) is 4.79 Å². The van der Waals surface area contributed by atoms with Crippen LogP contribution in [0.4, 0.5) is 0 Å². The average molecular weight is 274 g/mol. The highest BCUT2D eigenvalue weighted by molar-refractivity contribution is 5.76. The Balaban J connectivity index is 1.83. The van der Waals surface area contributed by atoms with Crippen LogP contribution in [0.2, 0.25) is 0 Å². The van der Waals surface area contributed by atoms with E-state index in [1.165, 1.54) is 22.3 Å². The molecule has 0 N–H and O–H groups in total. The zero-order chi connectivity index (χ0) is 14.5.